The van der Waals surface area contributed by atoms with Crippen LogP contribution in [0.15, 0.2) is 24.3 Å². The monoisotopic (exact) mass is 167 g/mol. The first-order valence-corrected chi connectivity index (χ1v) is 4.35. The minimum Gasteiger partial charge on any atom is -0.307 e. The molecule has 0 heterocycles. The van der Waals surface area contributed by atoms with Gasteiger partial charge in [-0.15, -0.1) is 0 Å². The van der Waals surface area contributed by atoms with E-state index in [1.165, 1.54) is 5.56 Å². The first kappa shape index (κ1) is 8.42. The molecular formula is C8H10FNSi. The normalized spacial score (nSPS) is 10.0. The standard InChI is InChI=1S/C8H10FNSi/c1-7-2-4-8(5-3-7)6-10-11-9/h2-5,10H,6H2,1H3. The number of hydrogen-bond acceptors (Lipinski definition) is 1. The molecule has 0 amide bonds. The second-order valence-corrected chi connectivity index (χ2v) is 2.98. The van der Waals surface area contributed by atoms with E-state index in [-0.39, 0.29) is 0 Å². The average molecular weight is 167 g/mol. The van der Waals surface area contributed by atoms with Crippen molar-refractivity contribution in [2.24, 2.45) is 0 Å². The van der Waals surface area contributed by atoms with Crippen LogP contribution in [0.3, 0.4) is 0 Å². The van der Waals surface area contributed by atoms with Gasteiger partial charge in [0.1, 0.15) is 0 Å². The van der Waals surface area contributed by atoms with E-state index in [0.717, 1.165) is 5.56 Å². The Balaban J connectivity index is 2.52. The molecule has 0 saturated heterocycles. The smallest absolute Gasteiger partial charge is 0.307 e. The molecule has 0 aliphatic heterocycles. The number of benzene rings is 1. The molecule has 1 nitrogen and oxygen atoms in total. The highest BCUT2D eigenvalue weighted by Crippen LogP contribution is 2.01. The van der Waals surface area contributed by atoms with Crippen LogP contribution < -0.4 is 4.98 Å². The fraction of sp³-hybridized carbons (Fsp3) is 0.250. The fourth-order valence-electron chi connectivity index (χ4n) is 0.841. The zero-order valence-electron chi connectivity index (χ0n) is 6.39. The van der Waals surface area contributed by atoms with Crippen LogP contribution in [0.4, 0.5) is 4.11 Å². The third-order valence-electron chi connectivity index (χ3n) is 1.48. The van der Waals surface area contributed by atoms with Gasteiger partial charge in [0.05, 0.1) is 0 Å². The summed E-state index contributed by atoms with van der Waals surface area (Å²) in [6.07, 6.45) is 0. The van der Waals surface area contributed by atoms with Crippen molar-refractivity contribution in [3.8, 4) is 0 Å². The Morgan fingerprint density at radius 2 is 2.00 bits per heavy atom. The molecule has 1 aromatic carbocycles. The van der Waals surface area contributed by atoms with Gasteiger partial charge < -0.3 is 4.98 Å². The molecule has 0 fully saturated rings. The molecule has 0 atom stereocenters. The van der Waals surface area contributed by atoms with E-state index in [0.29, 0.717) is 6.54 Å². The Bertz CT molecular complexity index is 210. The summed E-state index contributed by atoms with van der Waals surface area (Å²) in [5.41, 5.74) is 2.36. The van der Waals surface area contributed by atoms with Crippen LogP contribution >= 0.6 is 0 Å². The lowest BCUT2D eigenvalue weighted by molar-refractivity contribution is 0.794. The average Bonchev–Trinajstić information content (AvgIpc) is 2.04. The molecule has 0 unspecified atom stereocenters. The molecule has 0 aliphatic carbocycles. The van der Waals surface area contributed by atoms with Crippen LogP contribution in [-0.4, -0.2) is 10.0 Å². The number of halogens is 1. The summed E-state index contributed by atoms with van der Waals surface area (Å²) >= 11 is 0. The Morgan fingerprint density at radius 1 is 1.36 bits per heavy atom. The van der Waals surface area contributed by atoms with Crippen molar-refractivity contribution in [2.75, 3.05) is 0 Å². The number of rotatable bonds is 3. The molecule has 1 aromatic rings. The highest BCUT2D eigenvalue weighted by Gasteiger charge is 1.91. The van der Waals surface area contributed by atoms with Gasteiger partial charge >= 0.3 is 10.0 Å². The predicted molar refractivity (Wildman–Crippen MR) is 44.9 cm³/mol. The lowest BCUT2D eigenvalue weighted by atomic mass is 10.2. The molecular weight excluding hydrogens is 157 g/mol. The topological polar surface area (TPSA) is 12.0 Å². The minimum atomic E-state index is -0.669. The lowest BCUT2D eigenvalue weighted by Gasteiger charge is -1.99. The molecule has 3 heteroatoms. The van der Waals surface area contributed by atoms with Gasteiger partial charge in [-0.05, 0) is 12.5 Å². The van der Waals surface area contributed by atoms with Crippen LogP contribution in [-0.2, 0) is 6.54 Å². The number of aryl methyl sites for hydroxylation is 1. The summed E-state index contributed by atoms with van der Waals surface area (Å²) in [5.74, 6) is 0. The Morgan fingerprint density at radius 3 is 2.55 bits per heavy atom. The van der Waals surface area contributed by atoms with E-state index < -0.39 is 10.0 Å². The van der Waals surface area contributed by atoms with Gasteiger partial charge in [0.25, 0.3) is 0 Å². The summed E-state index contributed by atoms with van der Waals surface area (Å²) in [6.45, 7) is 2.66. The van der Waals surface area contributed by atoms with E-state index in [2.05, 4.69) is 4.98 Å². The molecule has 0 spiro atoms. The van der Waals surface area contributed by atoms with Gasteiger partial charge in [0.2, 0.25) is 0 Å². The fourth-order valence-corrected chi connectivity index (χ4v) is 1.11. The zero-order valence-corrected chi connectivity index (χ0v) is 7.39. The van der Waals surface area contributed by atoms with Gasteiger partial charge in [-0.2, -0.15) is 0 Å². The summed E-state index contributed by atoms with van der Waals surface area (Å²) in [7, 11) is -0.669. The van der Waals surface area contributed by atoms with E-state index in [1.807, 2.05) is 31.2 Å². The molecule has 0 aromatic heterocycles. The predicted octanol–water partition coefficient (Wildman–Crippen LogP) is 1.59. The van der Waals surface area contributed by atoms with Gasteiger partial charge in [0, 0.05) is 6.54 Å². The van der Waals surface area contributed by atoms with Crippen molar-refractivity contribution >= 4 is 10.0 Å². The highest BCUT2D eigenvalue weighted by atomic mass is 28.3. The van der Waals surface area contributed by atoms with Gasteiger partial charge in [-0.3, -0.25) is 4.11 Å². The molecule has 58 valence electrons. The number of nitrogens with one attached hydrogen (secondary N) is 1. The van der Waals surface area contributed by atoms with Crippen LogP contribution in [0.2, 0.25) is 0 Å². The first-order valence-electron chi connectivity index (χ1n) is 3.47. The summed E-state index contributed by atoms with van der Waals surface area (Å²) in [6, 6.07) is 8.06. The molecule has 1 rings (SSSR count). The van der Waals surface area contributed by atoms with Crippen molar-refractivity contribution in [1.29, 1.82) is 0 Å². The van der Waals surface area contributed by atoms with Gasteiger partial charge in [-0.1, -0.05) is 29.8 Å². The van der Waals surface area contributed by atoms with Crippen LogP contribution in [0.5, 0.6) is 0 Å². The van der Waals surface area contributed by atoms with Crippen molar-refractivity contribution < 1.29 is 4.11 Å². The van der Waals surface area contributed by atoms with Crippen molar-refractivity contribution in [3.63, 3.8) is 0 Å². The SMILES string of the molecule is Cc1ccc(CN[Si]F)cc1. The summed E-state index contributed by atoms with van der Waals surface area (Å²) in [4.78, 5) is 2.65. The Labute approximate surface area is 68.7 Å². The minimum absolute atomic E-state index is 0.620. The maximum atomic E-state index is 11.7. The van der Waals surface area contributed by atoms with E-state index in [4.69, 9.17) is 0 Å². The summed E-state index contributed by atoms with van der Waals surface area (Å²) in [5, 5.41) is 0. The third kappa shape index (κ3) is 2.82. The van der Waals surface area contributed by atoms with Crippen LogP contribution in [0, 0.1) is 6.92 Å². The van der Waals surface area contributed by atoms with Crippen molar-refractivity contribution in [3.05, 3.63) is 35.4 Å². The van der Waals surface area contributed by atoms with E-state index >= 15 is 0 Å². The van der Waals surface area contributed by atoms with Gasteiger partial charge in [-0.25, -0.2) is 0 Å². The largest absolute Gasteiger partial charge is 0.397 e. The van der Waals surface area contributed by atoms with Crippen molar-refractivity contribution in [1.82, 2.24) is 4.98 Å². The third-order valence-corrected chi connectivity index (χ3v) is 1.79. The lowest BCUT2D eigenvalue weighted by Crippen LogP contribution is -2.14. The Hall–Kier alpha value is -0.673. The molecule has 2 radical (unpaired) electrons. The second-order valence-electron chi connectivity index (χ2n) is 2.43. The summed E-state index contributed by atoms with van der Waals surface area (Å²) < 4.78 is 11.7. The maximum Gasteiger partial charge on any atom is 0.397 e. The van der Waals surface area contributed by atoms with Gasteiger partial charge in [0.15, 0.2) is 0 Å². The molecule has 1 N–H and O–H groups in total. The van der Waals surface area contributed by atoms with Crippen LogP contribution in [0.25, 0.3) is 0 Å². The van der Waals surface area contributed by atoms with E-state index in [1.54, 1.807) is 0 Å². The molecule has 11 heavy (non-hydrogen) atoms. The van der Waals surface area contributed by atoms with Crippen LogP contribution in [0.1, 0.15) is 11.1 Å². The Kier molecular flexibility index (Phi) is 3.26. The zero-order chi connectivity index (χ0) is 8.10. The first-order chi connectivity index (χ1) is 5.33. The molecule has 0 saturated carbocycles. The molecule has 0 aliphatic rings. The molecule has 0 bridgehead atoms. The maximum absolute atomic E-state index is 11.7. The number of hydrogen-bond donors (Lipinski definition) is 1. The second kappa shape index (κ2) is 4.26. The highest BCUT2D eigenvalue weighted by molar-refractivity contribution is 6.22. The quantitative estimate of drug-likeness (QED) is 0.532. The van der Waals surface area contributed by atoms with Crippen molar-refractivity contribution in [2.45, 2.75) is 13.5 Å². The van der Waals surface area contributed by atoms with E-state index in [9.17, 15) is 4.11 Å².